The Morgan fingerprint density at radius 2 is 0.850 bits per heavy atom. The van der Waals surface area contributed by atoms with Crippen LogP contribution in [0.5, 0.6) is 0 Å². The summed E-state index contributed by atoms with van der Waals surface area (Å²) in [5, 5.41) is 0. The lowest BCUT2D eigenvalue weighted by molar-refractivity contribution is -0.256. The van der Waals surface area contributed by atoms with Crippen LogP contribution in [-0.2, 0) is 50.1 Å². The lowest BCUT2D eigenvalue weighted by Gasteiger charge is -2.44. The van der Waals surface area contributed by atoms with E-state index in [0.717, 1.165) is 22.3 Å². The molecule has 0 aliphatic carbocycles. The van der Waals surface area contributed by atoms with Crippen molar-refractivity contribution >= 4 is 11.6 Å². The molecule has 4 aromatic rings. The summed E-state index contributed by atoms with van der Waals surface area (Å²) in [5.41, 5.74) is 3.50. The summed E-state index contributed by atoms with van der Waals surface area (Å²) in [6.07, 6.45) is -1.98. The van der Waals surface area contributed by atoms with Crippen LogP contribution in [0.15, 0.2) is 121 Å². The molecule has 5 atom stereocenters. The molecule has 0 amide bonds. The molecule has 0 spiro atoms. The molecule has 0 N–H and O–H groups in total. The van der Waals surface area contributed by atoms with Crippen molar-refractivity contribution in [3.63, 3.8) is 0 Å². The Morgan fingerprint density at radius 1 is 0.475 bits per heavy atom. The molecule has 0 radical (unpaired) electrons. The molecule has 0 bridgehead atoms. The van der Waals surface area contributed by atoms with Gasteiger partial charge in [-0.1, -0.05) is 133 Å². The summed E-state index contributed by atoms with van der Waals surface area (Å²) >= 11 is 6.86. The van der Waals surface area contributed by atoms with Crippen molar-refractivity contribution in [2.24, 2.45) is 0 Å². The molecule has 1 saturated heterocycles. The lowest BCUT2D eigenvalue weighted by Crippen LogP contribution is -2.59. The standard InChI is InChI=1S/C34H35ClO5/c35-34-33(39-24-29-19-11-4-12-20-29)32(38-23-28-17-9-3-10-18-28)31(37-22-27-15-7-2-8-16-27)30(40-34)25-36-21-26-13-5-1-6-14-26/h1-20,30-34H,21-25H2/t30-,31+,32+,33-,34+/m1/s1/i25+1,30+1,31+1,32+1,33+1,34+1. The molecule has 6 heteroatoms. The third-order valence-electron chi connectivity index (χ3n) is 6.83. The van der Waals surface area contributed by atoms with Gasteiger partial charge in [0.05, 0.1) is 33.0 Å². The minimum Gasteiger partial charge on any atom is -0.374 e. The van der Waals surface area contributed by atoms with Gasteiger partial charge in [0.2, 0.25) is 0 Å². The second-order valence-corrected chi connectivity index (χ2v) is 10.2. The van der Waals surface area contributed by atoms with E-state index < -0.39 is 30.0 Å². The Hall–Kier alpha value is -3.03. The van der Waals surface area contributed by atoms with E-state index in [1.54, 1.807) is 0 Å². The van der Waals surface area contributed by atoms with E-state index in [9.17, 15) is 0 Å². The number of alkyl halides is 1. The van der Waals surface area contributed by atoms with Crippen molar-refractivity contribution in [3.05, 3.63) is 144 Å². The second-order valence-electron chi connectivity index (χ2n) is 9.81. The number of rotatable bonds is 13. The smallest absolute Gasteiger partial charge is 0.160 e. The summed E-state index contributed by atoms with van der Waals surface area (Å²) < 4.78 is 31.9. The van der Waals surface area contributed by atoms with E-state index in [-0.39, 0.29) is 0 Å². The molecule has 0 aromatic heterocycles. The number of ether oxygens (including phenoxy) is 5. The van der Waals surface area contributed by atoms with Gasteiger partial charge in [0.15, 0.2) is 5.56 Å². The molecule has 40 heavy (non-hydrogen) atoms. The maximum Gasteiger partial charge on any atom is 0.160 e. The molecule has 1 aliphatic heterocycles. The Kier molecular flexibility index (Phi) is 10.8. The van der Waals surface area contributed by atoms with Gasteiger partial charge in [0.1, 0.15) is 24.4 Å². The van der Waals surface area contributed by atoms with E-state index in [1.165, 1.54) is 0 Å². The maximum atomic E-state index is 6.86. The molecule has 1 fully saturated rings. The number of halogens is 1. The molecule has 1 aliphatic rings. The molecule has 1 heterocycles. The molecule has 0 saturated carbocycles. The summed E-state index contributed by atoms with van der Waals surface area (Å²) in [6, 6.07) is 40.2. The molecular formula is C34H35ClO5. The predicted octanol–water partition coefficient (Wildman–Crippen LogP) is 6.92. The Morgan fingerprint density at radius 3 is 1.30 bits per heavy atom. The van der Waals surface area contributed by atoms with Gasteiger partial charge in [-0.25, -0.2) is 0 Å². The van der Waals surface area contributed by atoms with Crippen LogP contribution in [0.1, 0.15) is 22.3 Å². The molecular weight excluding hydrogens is 530 g/mol. The number of benzene rings is 4. The molecule has 5 nitrogen and oxygen atoms in total. The van der Waals surface area contributed by atoms with E-state index in [2.05, 4.69) is 0 Å². The van der Waals surface area contributed by atoms with Crippen LogP contribution in [-0.4, -0.2) is 36.6 Å². The highest BCUT2D eigenvalue weighted by molar-refractivity contribution is 6.20. The fourth-order valence-electron chi connectivity index (χ4n) is 4.73. The van der Waals surface area contributed by atoms with E-state index in [1.807, 2.05) is 121 Å². The van der Waals surface area contributed by atoms with Gasteiger partial charge >= 0.3 is 0 Å². The number of hydrogen-bond acceptors (Lipinski definition) is 5. The molecule has 0 unspecified atom stereocenters. The summed E-state index contributed by atoms with van der Waals surface area (Å²) in [5.74, 6) is 0. The van der Waals surface area contributed by atoms with Crippen molar-refractivity contribution in [2.75, 3.05) is 6.61 Å². The highest BCUT2D eigenvalue weighted by Crippen LogP contribution is 2.32. The first-order chi connectivity index (χ1) is 19.8. The molecule has 4 aromatic carbocycles. The van der Waals surface area contributed by atoms with Crippen LogP contribution in [0.25, 0.3) is 0 Å². The fraction of sp³-hybridized carbons (Fsp3) is 0.294. The van der Waals surface area contributed by atoms with E-state index >= 15 is 0 Å². The highest BCUT2D eigenvalue weighted by Gasteiger charge is 2.47. The normalized spacial score (nSPS) is 22.7. The van der Waals surface area contributed by atoms with Crippen LogP contribution in [0.4, 0.5) is 0 Å². The van der Waals surface area contributed by atoms with Gasteiger partial charge < -0.3 is 23.7 Å². The van der Waals surface area contributed by atoms with Gasteiger partial charge in [-0.05, 0) is 22.3 Å². The van der Waals surface area contributed by atoms with Gasteiger partial charge in [-0.2, -0.15) is 0 Å². The van der Waals surface area contributed by atoms with Crippen molar-refractivity contribution in [1.82, 2.24) is 0 Å². The average Bonchev–Trinajstić information content (AvgIpc) is 3.01. The summed E-state index contributed by atoms with van der Waals surface area (Å²) in [4.78, 5) is 0. The first-order valence-electron chi connectivity index (χ1n) is 13.6. The quantitative estimate of drug-likeness (QED) is 0.130. The first-order valence-corrected chi connectivity index (χ1v) is 14.1. The third-order valence-corrected chi connectivity index (χ3v) is 7.18. The topological polar surface area (TPSA) is 46.2 Å². The van der Waals surface area contributed by atoms with E-state index in [4.69, 9.17) is 35.3 Å². The van der Waals surface area contributed by atoms with Crippen molar-refractivity contribution in [3.8, 4) is 0 Å². The molecule has 208 valence electrons. The summed E-state index contributed by atoms with van der Waals surface area (Å²) in [6.45, 7) is 1.93. The zero-order valence-corrected chi connectivity index (χ0v) is 23.1. The third kappa shape index (κ3) is 8.24. The van der Waals surface area contributed by atoms with Crippen LogP contribution in [0.2, 0.25) is 0 Å². The highest BCUT2D eigenvalue weighted by atomic mass is 35.5. The maximum absolute atomic E-state index is 6.86. The first kappa shape index (κ1) is 28.5. The van der Waals surface area contributed by atoms with Crippen LogP contribution in [0, 0.1) is 0 Å². The van der Waals surface area contributed by atoms with Gasteiger partial charge in [0.25, 0.3) is 0 Å². The summed E-state index contributed by atoms with van der Waals surface area (Å²) in [7, 11) is 0. The van der Waals surface area contributed by atoms with Crippen LogP contribution < -0.4 is 0 Å². The number of hydrogen-bond donors (Lipinski definition) is 0. The van der Waals surface area contributed by atoms with Gasteiger partial charge in [0, 0.05) is 0 Å². The minimum absolute atomic E-state index is 0.300. The van der Waals surface area contributed by atoms with Crippen LogP contribution in [0.3, 0.4) is 0 Å². The SMILES string of the molecule is Cl[13C@H]1O[13C@H]([13CH2]OCc2ccccc2)[13C@H](OCc2ccccc2)[13C@H](OCc2ccccc2)[13C@H]1OCc1ccccc1. The van der Waals surface area contributed by atoms with E-state index in [0.29, 0.717) is 33.0 Å². The fourth-order valence-corrected chi connectivity index (χ4v) is 5.08. The van der Waals surface area contributed by atoms with Gasteiger partial charge in [-0.15, -0.1) is 0 Å². The predicted molar refractivity (Wildman–Crippen MR) is 156 cm³/mol. The Labute approximate surface area is 241 Å². The zero-order chi connectivity index (χ0) is 27.4. The Bertz CT molecular complexity index is 1240. The van der Waals surface area contributed by atoms with Crippen molar-refractivity contribution in [2.45, 2.75) is 56.4 Å². The zero-order valence-electron chi connectivity index (χ0n) is 22.4. The lowest BCUT2D eigenvalue weighted by atomic mass is 10.2. The monoisotopic (exact) mass is 564 g/mol. The largest absolute Gasteiger partial charge is 0.374 e. The average molecular weight is 565 g/mol. The molecule has 5 rings (SSSR count). The second kappa shape index (κ2) is 15.1. The van der Waals surface area contributed by atoms with Crippen LogP contribution >= 0.6 is 11.6 Å². The van der Waals surface area contributed by atoms with Crippen molar-refractivity contribution in [1.29, 1.82) is 0 Å². The Balaban J connectivity index is 1.36. The minimum atomic E-state index is -0.744. The van der Waals surface area contributed by atoms with Crippen molar-refractivity contribution < 1.29 is 23.7 Å². The van der Waals surface area contributed by atoms with Gasteiger partial charge in [-0.3, -0.25) is 0 Å².